The first kappa shape index (κ1) is 13.7. The minimum atomic E-state index is -4.52. The molecule has 2 rings (SSSR count). The van der Waals surface area contributed by atoms with Crippen LogP contribution < -0.4 is 11.5 Å². The lowest BCUT2D eigenvalue weighted by Crippen LogP contribution is -2.48. The van der Waals surface area contributed by atoms with Gasteiger partial charge in [0.25, 0.3) is 0 Å². The molecule has 0 aliphatic carbocycles. The number of hydrogen-bond acceptors (Lipinski definition) is 5. The SMILES string of the molecule is NC(=O)C(N)CN1CCn2c(nnc2C(F)(F)F)C1. The summed E-state index contributed by atoms with van der Waals surface area (Å²) < 4.78 is 38.8. The Kier molecular flexibility index (Phi) is 3.45. The van der Waals surface area contributed by atoms with Crippen molar-refractivity contribution in [2.24, 2.45) is 11.5 Å². The summed E-state index contributed by atoms with van der Waals surface area (Å²) in [6.07, 6.45) is -4.52. The Bertz CT molecular complexity index is 485. The van der Waals surface area contributed by atoms with Crippen LogP contribution in [0.25, 0.3) is 0 Å². The Hall–Kier alpha value is -1.68. The highest BCUT2D eigenvalue weighted by Gasteiger charge is 2.39. The van der Waals surface area contributed by atoms with Crippen molar-refractivity contribution in [1.29, 1.82) is 0 Å². The van der Waals surface area contributed by atoms with Gasteiger partial charge in [-0.2, -0.15) is 13.2 Å². The van der Waals surface area contributed by atoms with Crippen LogP contribution in [0.3, 0.4) is 0 Å². The van der Waals surface area contributed by atoms with E-state index in [0.29, 0.717) is 6.54 Å². The largest absolute Gasteiger partial charge is 0.451 e. The number of amides is 1. The van der Waals surface area contributed by atoms with Gasteiger partial charge in [0, 0.05) is 19.6 Å². The Labute approximate surface area is 106 Å². The third-order valence-electron chi connectivity index (χ3n) is 2.91. The minimum absolute atomic E-state index is 0.0999. The standard InChI is InChI=1S/C9H13F3N6O/c10-9(11,12)8-16-15-6-4-17(1-2-18(6)8)3-5(13)7(14)19/h5H,1-4,13H2,(H2,14,19). The number of carbonyl (C=O) groups excluding carboxylic acids is 1. The van der Waals surface area contributed by atoms with Gasteiger partial charge in [-0.05, 0) is 0 Å². The van der Waals surface area contributed by atoms with E-state index in [4.69, 9.17) is 11.5 Å². The first-order chi connectivity index (χ1) is 8.79. The van der Waals surface area contributed by atoms with E-state index in [1.165, 1.54) is 0 Å². The van der Waals surface area contributed by atoms with Crippen LogP contribution in [0.1, 0.15) is 11.6 Å². The summed E-state index contributed by atoms with van der Waals surface area (Å²) in [5, 5.41) is 6.68. The summed E-state index contributed by atoms with van der Waals surface area (Å²) in [5.41, 5.74) is 10.5. The fraction of sp³-hybridized carbons (Fsp3) is 0.667. The summed E-state index contributed by atoms with van der Waals surface area (Å²) in [7, 11) is 0. The summed E-state index contributed by atoms with van der Waals surface area (Å²) in [6, 6.07) is -0.850. The summed E-state index contributed by atoms with van der Waals surface area (Å²) >= 11 is 0. The topological polar surface area (TPSA) is 103 Å². The fourth-order valence-corrected chi connectivity index (χ4v) is 1.94. The molecule has 0 radical (unpaired) electrons. The molecule has 4 N–H and O–H groups in total. The summed E-state index contributed by atoms with van der Waals surface area (Å²) in [4.78, 5) is 12.6. The smallest absolute Gasteiger partial charge is 0.368 e. The average Bonchev–Trinajstić information content (AvgIpc) is 2.71. The number of aromatic nitrogens is 3. The van der Waals surface area contributed by atoms with E-state index in [2.05, 4.69) is 10.2 Å². The van der Waals surface area contributed by atoms with E-state index in [1.807, 2.05) is 0 Å². The van der Waals surface area contributed by atoms with Crippen LogP contribution in [0, 0.1) is 0 Å². The van der Waals surface area contributed by atoms with E-state index >= 15 is 0 Å². The lowest BCUT2D eigenvalue weighted by molar-refractivity contribution is -0.148. The average molecular weight is 278 g/mol. The maximum absolute atomic E-state index is 12.6. The molecule has 0 bridgehead atoms. The summed E-state index contributed by atoms with van der Waals surface area (Å²) in [5.74, 6) is -1.44. The van der Waals surface area contributed by atoms with Crippen molar-refractivity contribution in [3.63, 3.8) is 0 Å². The molecule has 0 aromatic carbocycles. The highest BCUT2D eigenvalue weighted by molar-refractivity contribution is 5.79. The molecule has 0 saturated heterocycles. The van der Waals surface area contributed by atoms with Gasteiger partial charge in [0.15, 0.2) is 0 Å². The fourth-order valence-electron chi connectivity index (χ4n) is 1.94. The van der Waals surface area contributed by atoms with Crippen molar-refractivity contribution in [2.45, 2.75) is 25.3 Å². The van der Waals surface area contributed by atoms with Gasteiger partial charge in [-0.15, -0.1) is 10.2 Å². The van der Waals surface area contributed by atoms with Crippen LogP contribution in [0.15, 0.2) is 0 Å². The molecule has 1 aliphatic rings. The lowest BCUT2D eigenvalue weighted by atomic mass is 10.2. The first-order valence-corrected chi connectivity index (χ1v) is 5.55. The monoisotopic (exact) mass is 278 g/mol. The van der Waals surface area contributed by atoms with Crippen LogP contribution in [-0.4, -0.2) is 44.7 Å². The highest BCUT2D eigenvalue weighted by Crippen LogP contribution is 2.29. The van der Waals surface area contributed by atoms with Crippen molar-refractivity contribution in [3.8, 4) is 0 Å². The highest BCUT2D eigenvalue weighted by atomic mass is 19.4. The van der Waals surface area contributed by atoms with E-state index in [-0.39, 0.29) is 25.5 Å². The maximum Gasteiger partial charge on any atom is 0.451 e. The van der Waals surface area contributed by atoms with Gasteiger partial charge in [-0.25, -0.2) is 0 Å². The summed E-state index contributed by atoms with van der Waals surface area (Å²) in [6.45, 7) is 0.769. The van der Waals surface area contributed by atoms with Gasteiger partial charge in [-0.3, -0.25) is 9.69 Å². The second-order valence-electron chi connectivity index (χ2n) is 4.33. The van der Waals surface area contributed by atoms with E-state index < -0.39 is 23.9 Å². The molecule has 1 amide bonds. The molecule has 10 heteroatoms. The second-order valence-corrected chi connectivity index (χ2v) is 4.33. The molecule has 7 nitrogen and oxygen atoms in total. The molecular formula is C9H13F3N6O. The number of rotatable bonds is 3. The zero-order valence-corrected chi connectivity index (χ0v) is 9.89. The molecule has 1 atom stereocenters. The van der Waals surface area contributed by atoms with E-state index in [9.17, 15) is 18.0 Å². The first-order valence-electron chi connectivity index (χ1n) is 5.55. The van der Waals surface area contributed by atoms with Gasteiger partial charge in [0.1, 0.15) is 5.82 Å². The number of hydrogen-bond donors (Lipinski definition) is 2. The van der Waals surface area contributed by atoms with Crippen molar-refractivity contribution in [3.05, 3.63) is 11.6 Å². The van der Waals surface area contributed by atoms with Gasteiger partial charge >= 0.3 is 6.18 Å². The number of primary amides is 1. The zero-order valence-electron chi connectivity index (χ0n) is 9.89. The minimum Gasteiger partial charge on any atom is -0.368 e. The zero-order chi connectivity index (χ0) is 14.2. The molecule has 1 aromatic heterocycles. The number of halogens is 3. The van der Waals surface area contributed by atoms with Crippen molar-refractivity contribution in [2.75, 3.05) is 13.1 Å². The van der Waals surface area contributed by atoms with E-state index in [0.717, 1.165) is 4.57 Å². The number of alkyl halides is 3. The molecular weight excluding hydrogens is 265 g/mol. The maximum atomic E-state index is 12.6. The molecule has 0 fully saturated rings. The number of nitrogens with two attached hydrogens (primary N) is 2. The van der Waals surface area contributed by atoms with Gasteiger partial charge in [0.2, 0.25) is 11.7 Å². The molecule has 0 spiro atoms. The van der Waals surface area contributed by atoms with Crippen molar-refractivity contribution < 1.29 is 18.0 Å². The molecule has 1 aromatic rings. The molecule has 1 aliphatic heterocycles. The Morgan fingerprint density at radius 1 is 1.37 bits per heavy atom. The lowest BCUT2D eigenvalue weighted by Gasteiger charge is -2.29. The quantitative estimate of drug-likeness (QED) is 0.732. The van der Waals surface area contributed by atoms with Crippen molar-refractivity contribution in [1.82, 2.24) is 19.7 Å². The van der Waals surface area contributed by atoms with Crippen LogP contribution >= 0.6 is 0 Å². The third kappa shape index (κ3) is 2.84. The Balaban J connectivity index is 2.10. The molecule has 2 heterocycles. The van der Waals surface area contributed by atoms with Crippen LogP contribution in [-0.2, 0) is 24.1 Å². The van der Waals surface area contributed by atoms with E-state index in [1.54, 1.807) is 4.90 Å². The van der Waals surface area contributed by atoms with Crippen LogP contribution in [0.5, 0.6) is 0 Å². The van der Waals surface area contributed by atoms with Gasteiger partial charge < -0.3 is 16.0 Å². The Morgan fingerprint density at radius 3 is 2.63 bits per heavy atom. The molecule has 106 valence electrons. The predicted molar refractivity (Wildman–Crippen MR) is 57.5 cm³/mol. The third-order valence-corrected chi connectivity index (χ3v) is 2.91. The predicted octanol–water partition coefficient (Wildman–Crippen LogP) is -1.07. The number of carbonyl (C=O) groups is 1. The Morgan fingerprint density at radius 2 is 2.05 bits per heavy atom. The van der Waals surface area contributed by atoms with Crippen LogP contribution in [0.2, 0.25) is 0 Å². The number of fused-ring (bicyclic) bond motifs is 1. The van der Waals surface area contributed by atoms with Crippen LogP contribution in [0.4, 0.5) is 13.2 Å². The second kappa shape index (κ2) is 4.78. The van der Waals surface area contributed by atoms with Gasteiger partial charge in [-0.1, -0.05) is 0 Å². The molecule has 1 unspecified atom stereocenters. The number of nitrogens with zero attached hydrogens (tertiary/aromatic N) is 4. The normalized spacial score (nSPS) is 18.1. The molecule has 19 heavy (non-hydrogen) atoms. The molecule has 0 saturated carbocycles. The van der Waals surface area contributed by atoms with Gasteiger partial charge in [0.05, 0.1) is 12.6 Å². The van der Waals surface area contributed by atoms with Crippen molar-refractivity contribution >= 4 is 5.91 Å².